The monoisotopic (exact) mass is 354 g/mol. The van der Waals surface area contributed by atoms with Crippen molar-refractivity contribution in [2.24, 2.45) is 0 Å². The van der Waals surface area contributed by atoms with Crippen LogP contribution in [-0.4, -0.2) is 11.6 Å². The highest BCUT2D eigenvalue weighted by atomic mass is 16.1. The number of hydrogen-bond donors (Lipinski definition) is 0. The molecule has 0 bridgehead atoms. The quantitative estimate of drug-likeness (QED) is 0.533. The Hall–Kier alpha value is -2.22. The van der Waals surface area contributed by atoms with Gasteiger partial charge >= 0.3 is 0 Å². The third-order valence-corrected chi connectivity index (χ3v) is 3.92. The molecule has 0 atom stereocenters. The van der Waals surface area contributed by atoms with Crippen molar-refractivity contribution in [2.75, 3.05) is 0 Å². The predicted octanol–water partition coefficient (Wildman–Crippen LogP) is 6.82. The number of rotatable bonds is 6. The summed E-state index contributed by atoms with van der Waals surface area (Å²) in [6.45, 7) is 13.9. The number of carbonyl (C=O) groups excluding carboxylic acids is 2. The van der Waals surface area contributed by atoms with Gasteiger partial charge in [-0.1, -0.05) is 77.9 Å². The summed E-state index contributed by atoms with van der Waals surface area (Å²) < 4.78 is 0. The molecular formula is C24H34O2. The topological polar surface area (TPSA) is 34.1 Å². The molecule has 0 fully saturated rings. The first kappa shape index (κ1) is 23.8. The lowest BCUT2D eigenvalue weighted by molar-refractivity contribution is 0.0981. The van der Waals surface area contributed by atoms with E-state index in [0.717, 1.165) is 29.5 Å². The second kappa shape index (κ2) is 13.0. The molecule has 0 saturated carbocycles. The molecule has 2 rings (SSSR count). The molecule has 0 saturated heterocycles. The van der Waals surface area contributed by atoms with Crippen LogP contribution in [0.4, 0.5) is 0 Å². The van der Waals surface area contributed by atoms with Crippen molar-refractivity contribution >= 4 is 11.6 Å². The summed E-state index contributed by atoms with van der Waals surface area (Å²) >= 11 is 0. The zero-order valence-electron chi connectivity index (χ0n) is 17.5. The molecule has 2 aromatic rings. The lowest BCUT2D eigenvalue weighted by Gasteiger charge is -2.10. The highest BCUT2D eigenvalue weighted by molar-refractivity contribution is 6.12. The summed E-state index contributed by atoms with van der Waals surface area (Å²) in [6, 6.07) is 13.1. The van der Waals surface area contributed by atoms with E-state index >= 15 is 0 Å². The highest BCUT2D eigenvalue weighted by Gasteiger charge is 2.16. The van der Waals surface area contributed by atoms with Gasteiger partial charge in [-0.15, -0.1) is 0 Å². The average molecular weight is 355 g/mol. The number of Topliss-reactive ketones (excluding diaryl/α,β-unsaturated/α-hetero) is 1. The van der Waals surface area contributed by atoms with Gasteiger partial charge in [-0.3, -0.25) is 9.59 Å². The van der Waals surface area contributed by atoms with E-state index < -0.39 is 0 Å². The average Bonchev–Trinajstić information content (AvgIpc) is 2.71. The van der Waals surface area contributed by atoms with E-state index in [-0.39, 0.29) is 11.6 Å². The summed E-state index contributed by atoms with van der Waals surface area (Å²) in [5.41, 5.74) is 3.93. The molecule has 0 amide bonds. The van der Waals surface area contributed by atoms with E-state index in [1.54, 1.807) is 6.07 Å². The maximum absolute atomic E-state index is 12.9. The van der Waals surface area contributed by atoms with Crippen LogP contribution in [0.25, 0.3) is 0 Å². The first-order chi connectivity index (χ1) is 12.6. The number of ketones is 2. The highest BCUT2D eigenvalue weighted by Crippen LogP contribution is 2.20. The van der Waals surface area contributed by atoms with Gasteiger partial charge in [-0.05, 0) is 37.0 Å². The van der Waals surface area contributed by atoms with Gasteiger partial charge in [0.1, 0.15) is 0 Å². The summed E-state index contributed by atoms with van der Waals surface area (Å²) in [4.78, 5) is 24.9. The van der Waals surface area contributed by atoms with Gasteiger partial charge in [-0.2, -0.15) is 0 Å². The second-order valence-electron chi connectivity index (χ2n) is 5.54. The van der Waals surface area contributed by atoms with Crippen molar-refractivity contribution in [3.8, 4) is 0 Å². The first-order valence-electron chi connectivity index (χ1n) is 9.84. The van der Waals surface area contributed by atoms with Crippen LogP contribution in [0.5, 0.6) is 0 Å². The summed E-state index contributed by atoms with van der Waals surface area (Å²) in [6.07, 6.45) is 2.15. The molecule has 0 heterocycles. The summed E-state index contributed by atoms with van der Waals surface area (Å²) in [5.74, 6) is 0.0985. The van der Waals surface area contributed by atoms with Gasteiger partial charge in [0.25, 0.3) is 0 Å². The Balaban J connectivity index is 0.00000146. The van der Waals surface area contributed by atoms with E-state index in [1.807, 2.05) is 84.9 Å². The van der Waals surface area contributed by atoms with E-state index in [9.17, 15) is 9.59 Å². The van der Waals surface area contributed by atoms with Crippen molar-refractivity contribution in [1.82, 2.24) is 0 Å². The van der Waals surface area contributed by atoms with Crippen LogP contribution in [0, 0.1) is 6.92 Å². The van der Waals surface area contributed by atoms with E-state index in [1.165, 1.54) is 0 Å². The molecule has 26 heavy (non-hydrogen) atoms. The van der Waals surface area contributed by atoms with Crippen molar-refractivity contribution in [3.63, 3.8) is 0 Å². The second-order valence-corrected chi connectivity index (χ2v) is 5.54. The Morgan fingerprint density at radius 3 is 2.04 bits per heavy atom. The standard InChI is InChI=1S/C20H22O2.2C2H6/c1-4-8-19(21)16-12-11-14(3)18(13-16)20(22)17-10-7-6-9-15(17)5-2;2*1-2/h6-7,9-13H,4-5,8H2,1-3H3;2*1-2H3. The fraction of sp³-hybridized carbons (Fsp3) is 0.417. The Morgan fingerprint density at radius 2 is 1.46 bits per heavy atom. The zero-order valence-corrected chi connectivity index (χ0v) is 17.5. The van der Waals surface area contributed by atoms with Crippen LogP contribution in [-0.2, 0) is 6.42 Å². The van der Waals surface area contributed by atoms with Crippen LogP contribution in [0.2, 0.25) is 0 Å². The molecule has 0 aliphatic heterocycles. The van der Waals surface area contributed by atoms with Gasteiger partial charge in [0.05, 0.1) is 0 Å². The zero-order chi connectivity index (χ0) is 20.1. The van der Waals surface area contributed by atoms with Crippen LogP contribution < -0.4 is 0 Å². The molecule has 0 aliphatic rings. The first-order valence-corrected chi connectivity index (χ1v) is 9.84. The van der Waals surface area contributed by atoms with Gasteiger partial charge in [-0.25, -0.2) is 0 Å². The fourth-order valence-corrected chi connectivity index (χ4v) is 2.61. The van der Waals surface area contributed by atoms with Crippen molar-refractivity contribution in [2.45, 2.75) is 67.7 Å². The molecule has 0 radical (unpaired) electrons. The number of aryl methyl sites for hydroxylation is 2. The Kier molecular flexibility index (Phi) is 11.9. The van der Waals surface area contributed by atoms with Crippen LogP contribution >= 0.6 is 0 Å². The third kappa shape index (κ3) is 6.25. The minimum absolute atomic E-state index is 0.00102. The third-order valence-electron chi connectivity index (χ3n) is 3.92. The minimum Gasteiger partial charge on any atom is -0.294 e. The number of carbonyl (C=O) groups is 2. The molecular weight excluding hydrogens is 320 g/mol. The van der Waals surface area contributed by atoms with Crippen molar-refractivity contribution in [1.29, 1.82) is 0 Å². The molecule has 0 aliphatic carbocycles. The van der Waals surface area contributed by atoms with Crippen LogP contribution in [0.3, 0.4) is 0 Å². The largest absolute Gasteiger partial charge is 0.294 e. The maximum Gasteiger partial charge on any atom is 0.193 e. The smallest absolute Gasteiger partial charge is 0.193 e. The Bertz CT molecular complexity index is 699. The molecule has 2 heteroatoms. The number of hydrogen-bond acceptors (Lipinski definition) is 2. The molecule has 2 aromatic carbocycles. The minimum atomic E-state index is 0.00102. The molecule has 0 unspecified atom stereocenters. The van der Waals surface area contributed by atoms with Crippen LogP contribution in [0.1, 0.15) is 91.8 Å². The van der Waals surface area contributed by atoms with Gasteiger partial charge in [0, 0.05) is 23.1 Å². The van der Waals surface area contributed by atoms with Gasteiger partial charge < -0.3 is 0 Å². The summed E-state index contributed by atoms with van der Waals surface area (Å²) in [7, 11) is 0. The summed E-state index contributed by atoms with van der Waals surface area (Å²) in [5, 5.41) is 0. The fourth-order valence-electron chi connectivity index (χ4n) is 2.61. The van der Waals surface area contributed by atoms with Gasteiger partial charge in [0.15, 0.2) is 11.6 Å². The van der Waals surface area contributed by atoms with Gasteiger partial charge in [0.2, 0.25) is 0 Å². The van der Waals surface area contributed by atoms with E-state index in [2.05, 4.69) is 0 Å². The molecule has 0 aromatic heterocycles. The van der Waals surface area contributed by atoms with Crippen LogP contribution in [0.15, 0.2) is 42.5 Å². The molecule has 0 N–H and O–H groups in total. The molecule has 142 valence electrons. The van der Waals surface area contributed by atoms with E-state index in [0.29, 0.717) is 17.5 Å². The van der Waals surface area contributed by atoms with E-state index in [4.69, 9.17) is 0 Å². The molecule has 0 spiro atoms. The Labute approximate surface area is 159 Å². The number of benzene rings is 2. The SMILES string of the molecule is CC.CC.CCCC(=O)c1ccc(C)c(C(=O)c2ccccc2CC)c1. The van der Waals surface area contributed by atoms with Crippen molar-refractivity contribution < 1.29 is 9.59 Å². The predicted molar refractivity (Wildman–Crippen MR) is 112 cm³/mol. The molecule has 2 nitrogen and oxygen atoms in total. The normalized spacial score (nSPS) is 9.35. The lowest BCUT2D eigenvalue weighted by Crippen LogP contribution is -2.09. The Morgan fingerprint density at radius 1 is 0.846 bits per heavy atom. The maximum atomic E-state index is 12.9. The van der Waals surface area contributed by atoms with Crippen molar-refractivity contribution in [3.05, 3.63) is 70.3 Å². The lowest BCUT2D eigenvalue weighted by atomic mass is 9.92.